The predicted molar refractivity (Wildman–Crippen MR) is 74.1 cm³/mol. The highest BCUT2D eigenvalue weighted by Gasteiger charge is 2.20. The van der Waals surface area contributed by atoms with Gasteiger partial charge in [0.15, 0.2) is 17.8 Å². The van der Waals surface area contributed by atoms with E-state index >= 15 is 0 Å². The minimum absolute atomic E-state index is 0.0386. The van der Waals surface area contributed by atoms with Crippen LogP contribution in [0.2, 0.25) is 0 Å². The monoisotopic (exact) mass is 295 g/mol. The molecule has 1 aliphatic heterocycles. The van der Waals surface area contributed by atoms with E-state index in [1.165, 1.54) is 19.2 Å². The second kappa shape index (κ2) is 7.03. The van der Waals surface area contributed by atoms with Gasteiger partial charge >= 0.3 is 0 Å². The Labute approximate surface area is 122 Å². The van der Waals surface area contributed by atoms with Crippen LogP contribution in [-0.4, -0.2) is 37.6 Å². The van der Waals surface area contributed by atoms with E-state index in [2.05, 4.69) is 0 Å². The average molecular weight is 295 g/mol. The number of aldehydes is 1. The topological polar surface area (TPSA) is 87.9 Å². The molecule has 2 rings (SSSR count). The molecule has 1 aromatic rings. The van der Waals surface area contributed by atoms with Crippen molar-refractivity contribution in [3.63, 3.8) is 0 Å². The first-order chi connectivity index (χ1) is 10.2. The molecule has 1 fully saturated rings. The summed E-state index contributed by atoms with van der Waals surface area (Å²) >= 11 is 0. The Morgan fingerprint density at radius 2 is 2.29 bits per heavy atom. The lowest BCUT2D eigenvalue weighted by molar-refractivity contribution is -0.385. The third-order valence-corrected chi connectivity index (χ3v) is 3.36. The Kier molecular flexibility index (Phi) is 5.10. The second-order valence-corrected chi connectivity index (χ2v) is 4.71. The Balaban J connectivity index is 2.10. The Morgan fingerprint density at radius 3 is 2.86 bits per heavy atom. The van der Waals surface area contributed by atoms with Crippen molar-refractivity contribution in [2.75, 3.05) is 20.3 Å². The number of hydrogen-bond donors (Lipinski definition) is 0. The summed E-state index contributed by atoms with van der Waals surface area (Å²) in [5, 5.41) is 10.9. The van der Waals surface area contributed by atoms with Crippen LogP contribution in [0.1, 0.15) is 29.6 Å². The zero-order valence-electron chi connectivity index (χ0n) is 11.7. The van der Waals surface area contributed by atoms with Crippen LogP contribution >= 0.6 is 0 Å². The van der Waals surface area contributed by atoms with Crippen molar-refractivity contribution in [3.05, 3.63) is 27.8 Å². The van der Waals surface area contributed by atoms with Crippen LogP contribution in [0.25, 0.3) is 0 Å². The molecule has 7 nitrogen and oxygen atoms in total. The molecule has 0 aliphatic carbocycles. The number of carbonyl (C=O) groups excluding carboxylic acids is 1. The van der Waals surface area contributed by atoms with Gasteiger partial charge in [-0.1, -0.05) is 0 Å². The molecule has 1 aliphatic rings. The molecule has 0 aromatic heterocycles. The predicted octanol–water partition coefficient (Wildman–Crippen LogP) is 2.36. The van der Waals surface area contributed by atoms with Gasteiger partial charge in [0.1, 0.15) is 0 Å². The van der Waals surface area contributed by atoms with Gasteiger partial charge in [0.25, 0.3) is 5.69 Å². The van der Waals surface area contributed by atoms with Gasteiger partial charge in [-0.2, -0.15) is 0 Å². The second-order valence-electron chi connectivity index (χ2n) is 4.71. The van der Waals surface area contributed by atoms with Gasteiger partial charge in [-0.15, -0.1) is 0 Å². The summed E-state index contributed by atoms with van der Waals surface area (Å²) in [4.78, 5) is 21.2. The van der Waals surface area contributed by atoms with E-state index in [0.717, 1.165) is 19.4 Å². The van der Waals surface area contributed by atoms with Gasteiger partial charge in [0.05, 0.1) is 36.4 Å². The first-order valence-electron chi connectivity index (χ1n) is 6.71. The summed E-state index contributed by atoms with van der Waals surface area (Å²) in [7, 11) is 1.42. The molecule has 1 aromatic carbocycles. The van der Waals surface area contributed by atoms with Gasteiger partial charge in [-0.05, 0) is 12.8 Å². The Hall–Kier alpha value is -2.15. The average Bonchev–Trinajstić information content (AvgIpc) is 2.99. The van der Waals surface area contributed by atoms with Crippen molar-refractivity contribution in [1.29, 1.82) is 0 Å². The summed E-state index contributed by atoms with van der Waals surface area (Å²) in [5.74, 6) is 0.558. The molecule has 1 atom stereocenters. The van der Waals surface area contributed by atoms with E-state index in [1.807, 2.05) is 0 Å². The Bertz CT molecular complexity index is 524. The van der Waals surface area contributed by atoms with E-state index in [4.69, 9.17) is 14.2 Å². The van der Waals surface area contributed by atoms with Crippen molar-refractivity contribution in [2.24, 2.45) is 0 Å². The lowest BCUT2D eigenvalue weighted by Crippen LogP contribution is -2.11. The van der Waals surface area contributed by atoms with Crippen LogP contribution in [0, 0.1) is 10.1 Å². The lowest BCUT2D eigenvalue weighted by atomic mass is 10.1. The number of nitrogens with zero attached hydrogens (tertiary/aromatic N) is 1. The quantitative estimate of drug-likeness (QED) is 0.436. The van der Waals surface area contributed by atoms with Crippen LogP contribution in [0.3, 0.4) is 0 Å². The van der Waals surface area contributed by atoms with Gasteiger partial charge in [-0.3, -0.25) is 14.9 Å². The molecule has 0 saturated carbocycles. The van der Waals surface area contributed by atoms with Crippen molar-refractivity contribution < 1.29 is 23.9 Å². The van der Waals surface area contributed by atoms with Crippen LogP contribution in [0.5, 0.6) is 11.5 Å². The lowest BCUT2D eigenvalue weighted by Gasteiger charge is -2.13. The van der Waals surface area contributed by atoms with Crippen molar-refractivity contribution in [2.45, 2.75) is 25.4 Å². The summed E-state index contributed by atoms with van der Waals surface area (Å²) in [6, 6.07) is 2.53. The summed E-state index contributed by atoms with van der Waals surface area (Å²) in [5.41, 5.74) is -0.332. The highest BCUT2D eigenvalue weighted by Crippen LogP contribution is 2.34. The molecule has 21 heavy (non-hydrogen) atoms. The SMILES string of the molecule is COc1cc(C=O)c([N+](=O)[O-])cc1OCCC1CCCO1. The maximum atomic E-state index is 10.9. The van der Waals surface area contributed by atoms with Crippen LogP contribution in [-0.2, 0) is 4.74 Å². The van der Waals surface area contributed by atoms with Gasteiger partial charge < -0.3 is 14.2 Å². The molecule has 7 heteroatoms. The van der Waals surface area contributed by atoms with Crippen molar-refractivity contribution in [1.82, 2.24) is 0 Å². The largest absolute Gasteiger partial charge is 0.493 e. The highest BCUT2D eigenvalue weighted by atomic mass is 16.6. The molecular formula is C14H17NO6. The van der Waals surface area contributed by atoms with Crippen LogP contribution in [0.4, 0.5) is 5.69 Å². The maximum absolute atomic E-state index is 10.9. The number of nitro groups is 1. The number of methoxy groups -OCH3 is 1. The molecule has 0 spiro atoms. The van der Waals surface area contributed by atoms with Crippen LogP contribution < -0.4 is 9.47 Å². The highest BCUT2D eigenvalue weighted by molar-refractivity contribution is 5.83. The maximum Gasteiger partial charge on any atom is 0.283 e. The summed E-state index contributed by atoms with van der Waals surface area (Å²) in [6.07, 6.45) is 3.38. The first-order valence-corrected chi connectivity index (χ1v) is 6.71. The molecular weight excluding hydrogens is 278 g/mol. The molecule has 0 N–H and O–H groups in total. The molecule has 114 valence electrons. The third-order valence-electron chi connectivity index (χ3n) is 3.36. The Morgan fingerprint density at radius 1 is 1.48 bits per heavy atom. The van der Waals surface area contributed by atoms with Crippen molar-refractivity contribution >= 4 is 12.0 Å². The minimum atomic E-state index is -0.615. The van der Waals surface area contributed by atoms with Crippen LogP contribution in [0.15, 0.2) is 12.1 Å². The number of hydrogen-bond acceptors (Lipinski definition) is 6. The van der Waals surface area contributed by atoms with E-state index in [9.17, 15) is 14.9 Å². The standard InChI is InChI=1S/C14H17NO6/c1-19-13-7-10(9-16)12(15(17)18)8-14(13)21-6-4-11-3-2-5-20-11/h7-9,11H,2-6H2,1H3. The van der Waals surface area contributed by atoms with Gasteiger partial charge in [-0.25, -0.2) is 0 Å². The van der Waals surface area contributed by atoms with E-state index in [0.29, 0.717) is 25.1 Å². The number of nitro benzene ring substituents is 1. The fourth-order valence-corrected chi connectivity index (χ4v) is 2.26. The minimum Gasteiger partial charge on any atom is -0.493 e. The third kappa shape index (κ3) is 3.69. The molecule has 0 amide bonds. The van der Waals surface area contributed by atoms with Gasteiger partial charge in [0.2, 0.25) is 0 Å². The smallest absolute Gasteiger partial charge is 0.283 e. The molecule has 1 heterocycles. The summed E-state index contributed by atoms with van der Waals surface area (Å²) in [6.45, 7) is 1.14. The van der Waals surface area contributed by atoms with Gasteiger partial charge in [0, 0.05) is 19.1 Å². The number of carbonyl (C=O) groups is 1. The molecule has 1 unspecified atom stereocenters. The number of benzene rings is 1. The molecule has 0 bridgehead atoms. The zero-order chi connectivity index (χ0) is 15.2. The molecule has 1 saturated heterocycles. The van der Waals surface area contributed by atoms with Crippen molar-refractivity contribution in [3.8, 4) is 11.5 Å². The van der Waals surface area contributed by atoms with E-state index in [1.54, 1.807) is 0 Å². The number of rotatable bonds is 7. The van der Waals surface area contributed by atoms with E-state index < -0.39 is 4.92 Å². The fourth-order valence-electron chi connectivity index (χ4n) is 2.26. The summed E-state index contributed by atoms with van der Waals surface area (Å²) < 4.78 is 16.1. The number of ether oxygens (including phenoxy) is 3. The zero-order valence-corrected chi connectivity index (χ0v) is 11.7. The molecule has 0 radical (unpaired) electrons. The normalized spacial score (nSPS) is 17.5. The first kappa shape index (κ1) is 15.2. The fraction of sp³-hybridized carbons (Fsp3) is 0.500. The van der Waals surface area contributed by atoms with E-state index in [-0.39, 0.29) is 23.1 Å².